The summed E-state index contributed by atoms with van der Waals surface area (Å²) in [4.78, 5) is 45.6. The monoisotopic (exact) mass is 458 g/mol. The van der Waals surface area contributed by atoms with E-state index in [-0.39, 0.29) is 23.6 Å². The third-order valence-electron chi connectivity index (χ3n) is 4.50. The summed E-state index contributed by atoms with van der Waals surface area (Å²) in [6.07, 6.45) is 3.07. The Bertz CT molecular complexity index is 1120. The van der Waals surface area contributed by atoms with E-state index in [0.717, 1.165) is 15.6 Å². The molecular weight excluding hydrogens is 432 g/mol. The van der Waals surface area contributed by atoms with Gasteiger partial charge in [0.25, 0.3) is 11.8 Å². The number of rotatable bonds is 8. The Labute approximate surface area is 189 Å². The molecule has 3 aromatic rings. The first-order valence-electron chi connectivity index (χ1n) is 10.1. The van der Waals surface area contributed by atoms with E-state index >= 15 is 0 Å². The lowest BCUT2D eigenvalue weighted by Gasteiger charge is -2.18. The highest BCUT2D eigenvalue weighted by Crippen LogP contribution is 2.28. The van der Waals surface area contributed by atoms with Crippen LogP contribution in [0.25, 0.3) is 9.88 Å². The summed E-state index contributed by atoms with van der Waals surface area (Å²) in [6.45, 7) is 7.11. The second kappa shape index (κ2) is 10.0. The number of carbonyl (C=O) groups is 2. The fourth-order valence-electron chi connectivity index (χ4n) is 3.14. The summed E-state index contributed by atoms with van der Waals surface area (Å²) < 4.78 is 1.75. The average Bonchev–Trinajstić information content (AvgIpc) is 3.40. The molecule has 0 aliphatic rings. The fourth-order valence-corrected chi connectivity index (χ4v) is 4.77. The number of thiazole rings is 1. The van der Waals surface area contributed by atoms with Crippen molar-refractivity contribution in [1.29, 1.82) is 0 Å². The largest absolute Gasteiger partial charge is 0.352 e. The Kier molecular flexibility index (Phi) is 7.40. The van der Waals surface area contributed by atoms with Gasteiger partial charge in [0.1, 0.15) is 16.1 Å². The molecule has 0 aliphatic heterocycles. The van der Waals surface area contributed by atoms with Gasteiger partial charge in [0.15, 0.2) is 0 Å². The Balaban J connectivity index is 1.87. The van der Waals surface area contributed by atoms with Crippen molar-refractivity contribution < 1.29 is 9.59 Å². The normalized spacial score (nSPS) is 11.0. The van der Waals surface area contributed by atoms with Crippen LogP contribution in [0.2, 0.25) is 0 Å². The van der Waals surface area contributed by atoms with Gasteiger partial charge in [-0.2, -0.15) is 0 Å². The number of carbonyl (C=O) groups excluding carboxylic acids is 2. The van der Waals surface area contributed by atoms with Gasteiger partial charge in [0.2, 0.25) is 5.43 Å². The van der Waals surface area contributed by atoms with Crippen LogP contribution in [-0.4, -0.2) is 39.9 Å². The number of aromatic nitrogens is 2. The third-order valence-corrected chi connectivity index (χ3v) is 6.43. The highest BCUT2D eigenvalue weighted by atomic mass is 32.1. The second-order valence-electron chi connectivity index (χ2n) is 7.65. The van der Waals surface area contributed by atoms with Crippen molar-refractivity contribution in [1.82, 2.24) is 19.8 Å². The van der Waals surface area contributed by atoms with Gasteiger partial charge in [-0.25, -0.2) is 4.98 Å². The minimum absolute atomic E-state index is 0.0133. The first kappa shape index (κ1) is 22.9. The standard InChI is InChI=1S/C22H26N4O3S2/c1-5-23-20(28)16-11-26(9-14(2)3)12-17(19(16)27)22(29)25(4)10-15-13-31-21(24-15)18-7-6-8-30-18/h6-8,11-14H,5,9-10H2,1-4H3,(H,23,28). The topological polar surface area (TPSA) is 84.3 Å². The van der Waals surface area contributed by atoms with Crippen LogP contribution in [0.5, 0.6) is 0 Å². The molecule has 0 spiro atoms. The van der Waals surface area contributed by atoms with Crippen molar-refractivity contribution in [2.75, 3.05) is 13.6 Å². The number of hydrogen-bond donors (Lipinski definition) is 1. The number of nitrogens with zero attached hydrogens (tertiary/aromatic N) is 3. The van der Waals surface area contributed by atoms with E-state index < -0.39 is 17.2 Å². The van der Waals surface area contributed by atoms with E-state index in [4.69, 9.17) is 0 Å². The molecule has 3 aromatic heterocycles. The smallest absolute Gasteiger partial charge is 0.259 e. The second-order valence-corrected chi connectivity index (χ2v) is 9.45. The van der Waals surface area contributed by atoms with E-state index in [1.54, 1.807) is 36.1 Å². The summed E-state index contributed by atoms with van der Waals surface area (Å²) in [5.41, 5.74) is 0.169. The van der Waals surface area contributed by atoms with E-state index in [1.165, 1.54) is 22.4 Å². The highest BCUT2D eigenvalue weighted by molar-refractivity contribution is 7.20. The van der Waals surface area contributed by atoms with Gasteiger partial charge in [-0.05, 0) is 24.3 Å². The van der Waals surface area contributed by atoms with Crippen molar-refractivity contribution in [3.63, 3.8) is 0 Å². The minimum atomic E-state index is -0.555. The van der Waals surface area contributed by atoms with Gasteiger partial charge in [-0.15, -0.1) is 22.7 Å². The van der Waals surface area contributed by atoms with Crippen LogP contribution in [0.1, 0.15) is 47.2 Å². The molecule has 3 heterocycles. The van der Waals surface area contributed by atoms with Crippen molar-refractivity contribution in [3.8, 4) is 9.88 Å². The molecule has 0 atom stereocenters. The Morgan fingerprint density at radius 1 is 1.23 bits per heavy atom. The zero-order valence-corrected chi connectivity index (χ0v) is 19.7. The van der Waals surface area contributed by atoms with Crippen LogP contribution in [0.3, 0.4) is 0 Å². The van der Waals surface area contributed by atoms with Gasteiger partial charge in [-0.3, -0.25) is 14.4 Å². The van der Waals surface area contributed by atoms with Crippen LogP contribution in [-0.2, 0) is 13.1 Å². The van der Waals surface area contributed by atoms with E-state index in [1.807, 2.05) is 36.7 Å². The predicted octanol–water partition coefficient (Wildman–Crippen LogP) is 3.71. The van der Waals surface area contributed by atoms with Crippen LogP contribution in [0.15, 0.2) is 40.1 Å². The molecule has 3 rings (SSSR count). The van der Waals surface area contributed by atoms with Gasteiger partial charge >= 0.3 is 0 Å². The predicted molar refractivity (Wildman–Crippen MR) is 125 cm³/mol. The summed E-state index contributed by atoms with van der Waals surface area (Å²) in [5, 5.41) is 7.47. The van der Waals surface area contributed by atoms with Gasteiger partial charge in [-0.1, -0.05) is 19.9 Å². The summed E-state index contributed by atoms with van der Waals surface area (Å²) in [6, 6.07) is 3.98. The van der Waals surface area contributed by atoms with E-state index in [9.17, 15) is 14.4 Å². The van der Waals surface area contributed by atoms with Crippen LogP contribution in [0.4, 0.5) is 0 Å². The first-order chi connectivity index (χ1) is 14.8. The zero-order chi connectivity index (χ0) is 22.5. The number of pyridine rings is 1. The number of amides is 2. The lowest BCUT2D eigenvalue weighted by Crippen LogP contribution is -2.36. The van der Waals surface area contributed by atoms with Crippen LogP contribution < -0.4 is 10.7 Å². The Morgan fingerprint density at radius 2 is 1.97 bits per heavy atom. The lowest BCUT2D eigenvalue weighted by molar-refractivity contribution is 0.0781. The van der Waals surface area contributed by atoms with Crippen molar-refractivity contribution in [2.24, 2.45) is 5.92 Å². The summed E-state index contributed by atoms with van der Waals surface area (Å²) in [5.74, 6) is -0.613. The van der Waals surface area contributed by atoms with Gasteiger partial charge in [0.05, 0.1) is 17.1 Å². The molecule has 0 unspecified atom stereocenters. The lowest BCUT2D eigenvalue weighted by atomic mass is 10.1. The fraction of sp³-hybridized carbons (Fsp3) is 0.364. The quantitative estimate of drug-likeness (QED) is 0.558. The van der Waals surface area contributed by atoms with Gasteiger partial charge in [0, 0.05) is 37.9 Å². The summed E-state index contributed by atoms with van der Waals surface area (Å²) in [7, 11) is 1.64. The molecule has 0 aliphatic carbocycles. The third kappa shape index (κ3) is 5.48. The maximum atomic E-state index is 13.1. The zero-order valence-electron chi connectivity index (χ0n) is 18.0. The molecule has 9 heteroatoms. The van der Waals surface area contributed by atoms with E-state index in [2.05, 4.69) is 10.3 Å². The number of hydrogen-bond acceptors (Lipinski definition) is 6. The van der Waals surface area contributed by atoms with E-state index in [0.29, 0.717) is 13.1 Å². The maximum Gasteiger partial charge on any atom is 0.259 e. The molecule has 7 nitrogen and oxygen atoms in total. The molecule has 2 amide bonds. The van der Waals surface area contributed by atoms with Gasteiger partial charge < -0.3 is 14.8 Å². The van der Waals surface area contributed by atoms with Crippen molar-refractivity contribution in [3.05, 3.63) is 62.3 Å². The molecule has 1 N–H and O–H groups in total. The average molecular weight is 459 g/mol. The molecule has 0 bridgehead atoms. The molecular formula is C22H26N4O3S2. The molecule has 0 saturated heterocycles. The number of nitrogens with one attached hydrogen (secondary N) is 1. The van der Waals surface area contributed by atoms with Crippen molar-refractivity contribution in [2.45, 2.75) is 33.9 Å². The van der Waals surface area contributed by atoms with Crippen molar-refractivity contribution >= 4 is 34.5 Å². The molecule has 31 heavy (non-hydrogen) atoms. The number of thiophene rings is 1. The summed E-state index contributed by atoms with van der Waals surface area (Å²) >= 11 is 3.14. The molecule has 164 valence electrons. The van der Waals surface area contributed by atoms with Crippen LogP contribution in [0, 0.1) is 5.92 Å². The molecule has 0 radical (unpaired) electrons. The Morgan fingerprint density at radius 3 is 2.61 bits per heavy atom. The first-order valence-corrected chi connectivity index (χ1v) is 11.8. The molecule has 0 fully saturated rings. The SMILES string of the molecule is CCNC(=O)c1cn(CC(C)C)cc(C(=O)N(C)Cc2csc(-c3cccs3)n2)c1=O. The molecule has 0 saturated carbocycles. The Hall–Kier alpha value is -2.78. The maximum absolute atomic E-state index is 13.1. The molecule has 0 aromatic carbocycles. The minimum Gasteiger partial charge on any atom is -0.352 e. The van der Waals surface area contributed by atoms with Crippen LogP contribution >= 0.6 is 22.7 Å². The highest BCUT2D eigenvalue weighted by Gasteiger charge is 2.22.